The van der Waals surface area contributed by atoms with Gasteiger partial charge in [0.15, 0.2) is 0 Å². The van der Waals surface area contributed by atoms with E-state index < -0.39 is 0 Å². The summed E-state index contributed by atoms with van der Waals surface area (Å²) in [5.41, 5.74) is 0. The van der Waals surface area contributed by atoms with Crippen molar-refractivity contribution in [1.29, 1.82) is 0 Å². The maximum Gasteiger partial charge on any atom is 0.323 e. The zero-order valence-corrected chi connectivity index (χ0v) is 11.6. The monoisotopic (exact) mass is 279 g/mol. The Morgan fingerprint density at radius 1 is 1.35 bits per heavy atom. The molecule has 1 atom stereocenters. The van der Waals surface area contributed by atoms with E-state index >= 15 is 0 Å². The minimum Gasteiger partial charge on any atom is -0.458 e. The smallest absolute Gasteiger partial charge is 0.323 e. The van der Waals surface area contributed by atoms with Gasteiger partial charge in [-0.1, -0.05) is 0 Å². The lowest BCUT2D eigenvalue weighted by Gasteiger charge is -2.13. The Hall–Kier alpha value is -2.29. The average molecular weight is 279 g/mol. The van der Waals surface area contributed by atoms with Crippen LogP contribution in [0.4, 0.5) is 5.95 Å². The Balaban J connectivity index is 2.18. The van der Waals surface area contributed by atoms with E-state index in [9.17, 15) is 0 Å². The Bertz CT molecular complexity index is 532. The van der Waals surface area contributed by atoms with E-state index in [1.165, 1.54) is 17.3 Å². The number of ether oxygens (including phenoxy) is 2. The molecule has 2 aromatic heterocycles. The second-order valence-corrected chi connectivity index (χ2v) is 3.92. The van der Waals surface area contributed by atoms with Gasteiger partial charge < -0.3 is 14.8 Å². The number of hydrogen-bond acceptors (Lipinski definition) is 8. The number of aromatic nitrogens is 6. The van der Waals surface area contributed by atoms with E-state index in [0.717, 1.165) is 0 Å². The summed E-state index contributed by atoms with van der Waals surface area (Å²) in [5, 5.41) is 6.83. The lowest BCUT2D eigenvalue weighted by atomic mass is 10.4. The maximum absolute atomic E-state index is 5.61. The fourth-order valence-corrected chi connectivity index (χ4v) is 1.42. The van der Waals surface area contributed by atoms with Crippen molar-refractivity contribution in [2.24, 2.45) is 0 Å². The van der Waals surface area contributed by atoms with Crippen LogP contribution in [0.3, 0.4) is 0 Å². The first-order chi connectivity index (χ1) is 9.72. The summed E-state index contributed by atoms with van der Waals surface area (Å²) in [4.78, 5) is 16.4. The minimum atomic E-state index is -0.161. The lowest BCUT2D eigenvalue weighted by molar-refractivity contribution is 0.0606. The van der Waals surface area contributed by atoms with E-state index in [1.54, 1.807) is 7.05 Å². The maximum atomic E-state index is 5.61. The molecule has 9 nitrogen and oxygen atoms in total. The molecule has 2 aromatic rings. The summed E-state index contributed by atoms with van der Waals surface area (Å²) in [6.45, 7) is 4.91. The normalized spacial score (nSPS) is 12.2. The van der Waals surface area contributed by atoms with Crippen molar-refractivity contribution < 1.29 is 9.47 Å². The van der Waals surface area contributed by atoms with E-state index in [1.807, 2.05) is 13.8 Å². The third-order valence-corrected chi connectivity index (χ3v) is 2.31. The number of anilines is 1. The highest BCUT2D eigenvalue weighted by atomic mass is 16.5. The fourth-order valence-electron chi connectivity index (χ4n) is 1.42. The summed E-state index contributed by atoms with van der Waals surface area (Å²) in [7, 11) is 1.72. The second-order valence-electron chi connectivity index (χ2n) is 3.92. The molecule has 2 heterocycles. The van der Waals surface area contributed by atoms with Gasteiger partial charge in [0.05, 0.1) is 6.61 Å². The van der Waals surface area contributed by atoms with Crippen LogP contribution in [-0.2, 0) is 4.74 Å². The van der Waals surface area contributed by atoms with E-state index in [-0.39, 0.29) is 12.1 Å². The van der Waals surface area contributed by atoms with Crippen LogP contribution in [0.5, 0.6) is 6.01 Å². The van der Waals surface area contributed by atoms with Crippen LogP contribution in [0.2, 0.25) is 0 Å². The molecule has 0 saturated heterocycles. The van der Waals surface area contributed by atoms with Crippen LogP contribution in [0.25, 0.3) is 5.95 Å². The van der Waals surface area contributed by atoms with Crippen molar-refractivity contribution in [1.82, 2.24) is 29.7 Å². The molecule has 0 saturated carbocycles. The molecule has 2 rings (SSSR count). The molecule has 1 N–H and O–H groups in total. The van der Waals surface area contributed by atoms with Crippen molar-refractivity contribution in [3.8, 4) is 12.0 Å². The summed E-state index contributed by atoms with van der Waals surface area (Å²) in [6.07, 6.45) is 2.74. The molecule has 0 amide bonds. The van der Waals surface area contributed by atoms with E-state index in [0.29, 0.717) is 25.1 Å². The van der Waals surface area contributed by atoms with E-state index in [4.69, 9.17) is 9.47 Å². The molecule has 0 radical (unpaired) electrons. The summed E-state index contributed by atoms with van der Waals surface area (Å²) < 4.78 is 12.3. The van der Waals surface area contributed by atoms with Crippen molar-refractivity contribution in [2.45, 2.75) is 20.0 Å². The van der Waals surface area contributed by atoms with Gasteiger partial charge >= 0.3 is 6.01 Å². The van der Waals surface area contributed by atoms with Gasteiger partial charge in [-0.05, 0) is 13.8 Å². The van der Waals surface area contributed by atoms with Crippen LogP contribution >= 0.6 is 0 Å². The molecule has 0 spiro atoms. The predicted octanol–water partition coefficient (Wildman–Crippen LogP) is 0.298. The quantitative estimate of drug-likeness (QED) is 0.772. The van der Waals surface area contributed by atoms with Crippen LogP contribution in [0.1, 0.15) is 13.8 Å². The molecule has 1 unspecified atom stereocenters. The van der Waals surface area contributed by atoms with Gasteiger partial charge in [-0.25, -0.2) is 4.98 Å². The first kappa shape index (κ1) is 14.1. The van der Waals surface area contributed by atoms with Crippen molar-refractivity contribution in [3.05, 3.63) is 12.7 Å². The molecule has 9 heteroatoms. The molecular formula is C11H17N7O2. The Kier molecular flexibility index (Phi) is 4.77. The third-order valence-electron chi connectivity index (χ3n) is 2.31. The predicted molar refractivity (Wildman–Crippen MR) is 70.9 cm³/mol. The summed E-state index contributed by atoms with van der Waals surface area (Å²) in [5.74, 6) is 0.726. The van der Waals surface area contributed by atoms with Crippen molar-refractivity contribution in [3.63, 3.8) is 0 Å². The van der Waals surface area contributed by atoms with Gasteiger partial charge in [0, 0.05) is 13.7 Å². The molecule has 20 heavy (non-hydrogen) atoms. The van der Waals surface area contributed by atoms with Gasteiger partial charge in [-0.15, -0.1) is 0 Å². The fraction of sp³-hybridized carbons (Fsp3) is 0.545. The third kappa shape index (κ3) is 3.60. The van der Waals surface area contributed by atoms with Gasteiger partial charge in [-0.3, -0.25) is 0 Å². The highest BCUT2D eigenvalue weighted by Crippen LogP contribution is 2.11. The molecule has 0 aliphatic carbocycles. The standard InChI is InChI=1S/C11H17N7O2/c1-4-19-5-8(2)20-11-16-9(12-3)15-10(17-11)18-7-13-6-14-18/h6-8H,4-5H2,1-3H3,(H,12,15,16,17). The first-order valence-electron chi connectivity index (χ1n) is 6.26. The molecule has 0 bridgehead atoms. The molecule has 0 aliphatic rings. The number of nitrogens with zero attached hydrogens (tertiary/aromatic N) is 6. The molecular weight excluding hydrogens is 262 g/mol. The Morgan fingerprint density at radius 3 is 2.85 bits per heavy atom. The Morgan fingerprint density at radius 2 is 2.20 bits per heavy atom. The average Bonchev–Trinajstić information content (AvgIpc) is 2.99. The first-order valence-corrected chi connectivity index (χ1v) is 6.26. The van der Waals surface area contributed by atoms with Crippen LogP contribution in [0, 0.1) is 0 Å². The van der Waals surface area contributed by atoms with Gasteiger partial charge in [-0.2, -0.15) is 24.7 Å². The molecule has 108 valence electrons. The highest BCUT2D eigenvalue weighted by molar-refractivity contribution is 5.28. The van der Waals surface area contributed by atoms with E-state index in [2.05, 4.69) is 30.4 Å². The zero-order chi connectivity index (χ0) is 14.4. The van der Waals surface area contributed by atoms with Crippen LogP contribution in [-0.4, -0.2) is 56.1 Å². The largest absolute Gasteiger partial charge is 0.458 e. The van der Waals surface area contributed by atoms with Gasteiger partial charge in [0.25, 0.3) is 5.95 Å². The Labute approximate surface area is 116 Å². The number of nitrogens with one attached hydrogen (secondary N) is 1. The molecule has 0 aromatic carbocycles. The second kappa shape index (κ2) is 6.75. The van der Waals surface area contributed by atoms with Crippen molar-refractivity contribution >= 4 is 5.95 Å². The summed E-state index contributed by atoms with van der Waals surface area (Å²) >= 11 is 0. The topological polar surface area (TPSA) is 99.9 Å². The van der Waals surface area contributed by atoms with Crippen molar-refractivity contribution in [2.75, 3.05) is 25.6 Å². The van der Waals surface area contributed by atoms with Crippen LogP contribution in [0.15, 0.2) is 12.7 Å². The minimum absolute atomic E-state index is 0.161. The van der Waals surface area contributed by atoms with Crippen LogP contribution < -0.4 is 10.1 Å². The molecule has 0 fully saturated rings. The SMILES string of the molecule is CCOCC(C)Oc1nc(NC)nc(-n2cncn2)n1. The highest BCUT2D eigenvalue weighted by Gasteiger charge is 2.12. The lowest BCUT2D eigenvalue weighted by Crippen LogP contribution is -2.21. The number of hydrogen-bond donors (Lipinski definition) is 1. The molecule has 0 aliphatic heterocycles. The number of rotatable bonds is 7. The zero-order valence-electron chi connectivity index (χ0n) is 11.6. The van der Waals surface area contributed by atoms with Gasteiger partial charge in [0.1, 0.15) is 18.8 Å². The summed E-state index contributed by atoms with van der Waals surface area (Å²) in [6, 6.07) is 0.210. The van der Waals surface area contributed by atoms with Gasteiger partial charge in [0.2, 0.25) is 5.95 Å².